The molecule has 3 N–H and O–H groups in total. The third-order valence-corrected chi connectivity index (χ3v) is 2.57. The van der Waals surface area contributed by atoms with Crippen molar-refractivity contribution in [2.24, 2.45) is 0 Å². The van der Waals surface area contributed by atoms with Gasteiger partial charge >= 0.3 is 0 Å². The maximum absolute atomic E-state index is 11.8. The van der Waals surface area contributed by atoms with Gasteiger partial charge in [0.1, 0.15) is 0 Å². The van der Waals surface area contributed by atoms with Crippen LogP contribution in [0.15, 0.2) is 18.2 Å². The number of nitrogens with one attached hydrogen (secondary N) is 1. The fourth-order valence-electron chi connectivity index (χ4n) is 1.60. The first-order chi connectivity index (χ1) is 8.91. The molecule has 5 nitrogen and oxygen atoms in total. The second kappa shape index (κ2) is 6.99. The Hall–Kier alpha value is -1.75. The number of rotatable bonds is 6. The molecule has 0 aliphatic heterocycles. The zero-order valence-corrected chi connectivity index (χ0v) is 12.1. The van der Waals surface area contributed by atoms with Crippen molar-refractivity contribution in [3.8, 4) is 0 Å². The molecule has 0 aliphatic rings. The zero-order valence-electron chi connectivity index (χ0n) is 12.1. The molecule has 0 unspecified atom stereocenters. The van der Waals surface area contributed by atoms with E-state index in [-0.39, 0.29) is 12.0 Å². The molecule has 0 bridgehead atoms. The lowest BCUT2D eigenvalue weighted by molar-refractivity contribution is 0.0827. The van der Waals surface area contributed by atoms with Crippen LogP contribution in [-0.4, -0.2) is 44.2 Å². The highest BCUT2D eigenvalue weighted by molar-refractivity contribution is 5.95. The molecule has 0 fully saturated rings. The highest BCUT2D eigenvalue weighted by Gasteiger charge is 2.09. The van der Waals surface area contributed by atoms with Gasteiger partial charge in [0.25, 0.3) is 5.91 Å². The van der Waals surface area contributed by atoms with Crippen molar-refractivity contribution in [2.45, 2.75) is 20.0 Å². The molecule has 106 valence electrons. The summed E-state index contributed by atoms with van der Waals surface area (Å²) >= 11 is 0. The number of ether oxygens (including phenoxy) is 1. The Kier molecular flexibility index (Phi) is 5.63. The van der Waals surface area contributed by atoms with Gasteiger partial charge in [0.05, 0.1) is 24.1 Å². The van der Waals surface area contributed by atoms with Crippen LogP contribution in [0.3, 0.4) is 0 Å². The van der Waals surface area contributed by atoms with Crippen molar-refractivity contribution in [3.63, 3.8) is 0 Å². The van der Waals surface area contributed by atoms with Gasteiger partial charge < -0.3 is 20.7 Å². The van der Waals surface area contributed by atoms with E-state index < -0.39 is 0 Å². The molecule has 0 radical (unpaired) electrons. The first-order valence-electron chi connectivity index (χ1n) is 6.38. The second-order valence-electron chi connectivity index (χ2n) is 4.85. The first-order valence-corrected chi connectivity index (χ1v) is 6.38. The van der Waals surface area contributed by atoms with E-state index in [9.17, 15) is 4.79 Å². The van der Waals surface area contributed by atoms with Gasteiger partial charge in [-0.25, -0.2) is 0 Å². The van der Waals surface area contributed by atoms with Gasteiger partial charge in [0.2, 0.25) is 0 Å². The second-order valence-corrected chi connectivity index (χ2v) is 4.85. The van der Waals surface area contributed by atoms with Crippen LogP contribution >= 0.6 is 0 Å². The normalized spacial score (nSPS) is 10.6. The van der Waals surface area contributed by atoms with Crippen LogP contribution in [0, 0.1) is 0 Å². The van der Waals surface area contributed by atoms with Crippen molar-refractivity contribution in [1.82, 2.24) is 4.90 Å². The summed E-state index contributed by atoms with van der Waals surface area (Å²) in [5.41, 5.74) is 7.91. The van der Waals surface area contributed by atoms with Crippen LogP contribution in [0.1, 0.15) is 24.2 Å². The Morgan fingerprint density at radius 3 is 2.63 bits per heavy atom. The predicted octanol–water partition coefficient (Wildman–Crippen LogP) is 1.81. The predicted molar refractivity (Wildman–Crippen MR) is 78.4 cm³/mol. The summed E-state index contributed by atoms with van der Waals surface area (Å²) in [5.74, 6) is -0.0543. The Morgan fingerprint density at radius 2 is 2.11 bits per heavy atom. The van der Waals surface area contributed by atoms with Crippen LogP contribution in [0.5, 0.6) is 0 Å². The van der Waals surface area contributed by atoms with Crippen LogP contribution in [0.25, 0.3) is 0 Å². The van der Waals surface area contributed by atoms with E-state index in [0.29, 0.717) is 24.4 Å². The highest BCUT2D eigenvalue weighted by atomic mass is 16.5. The molecule has 0 heterocycles. The number of nitrogens with zero attached hydrogens (tertiary/aromatic N) is 1. The Balaban J connectivity index is 2.60. The average Bonchev–Trinajstić information content (AvgIpc) is 2.34. The number of hydrogen-bond donors (Lipinski definition) is 2. The topological polar surface area (TPSA) is 67.6 Å². The number of nitrogens with two attached hydrogens (primary N) is 1. The molecule has 0 aliphatic carbocycles. The van der Waals surface area contributed by atoms with Gasteiger partial charge in [-0.2, -0.15) is 0 Å². The lowest BCUT2D eigenvalue weighted by Crippen LogP contribution is -2.22. The molecule has 1 amide bonds. The Labute approximate surface area is 114 Å². The van der Waals surface area contributed by atoms with Crippen LogP contribution in [0.4, 0.5) is 11.4 Å². The number of benzene rings is 1. The molecule has 19 heavy (non-hydrogen) atoms. The van der Waals surface area contributed by atoms with Crippen molar-refractivity contribution in [1.29, 1.82) is 0 Å². The van der Waals surface area contributed by atoms with Crippen LogP contribution in [0.2, 0.25) is 0 Å². The fraction of sp³-hybridized carbons (Fsp3) is 0.500. The third-order valence-electron chi connectivity index (χ3n) is 2.57. The molecule has 1 aromatic carbocycles. The van der Waals surface area contributed by atoms with Crippen molar-refractivity contribution in [3.05, 3.63) is 23.8 Å². The van der Waals surface area contributed by atoms with Gasteiger partial charge in [0, 0.05) is 26.2 Å². The minimum Gasteiger partial charge on any atom is -0.397 e. The third kappa shape index (κ3) is 4.79. The summed E-state index contributed by atoms with van der Waals surface area (Å²) in [5, 5.41) is 3.19. The van der Waals surface area contributed by atoms with E-state index in [0.717, 1.165) is 5.69 Å². The summed E-state index contributed by atoms with van der Waals surface area (Å²) in [6.45, 7) is 5.30. The number of carbonyl (C=O) groups excluding carboxylic acids is 1. The summed E-state index contributed by atoms with van der Waals surface area (Å²) in [4.78, 5) is 13.3. The maximum atomic E-state index is 11.8. The van der Waals surface area contributed by atoms with E-state index in [1.165, 1.54) is 4.90 Å². The molecule has 1 aromatic rings. The van der Waals surface area contributed by atoms with Gasteiger partial charge in [-0.3, -0.25) is 4.79 Å². The van der Waals surface area contributed by atoms with E-state index >= 15 is 0 Å². The molecule has 0 aromatic heterocycles. The lowest BCUT2D eigenvalue weighted by Gasteiger charge is -2.14. The lowest BCUT2D eigenvalue weighted by atomic mass is 10.1. The Morgan fingerprint density at radius 1 is 1.42 bits per heavy atom. The zero-order chi connectivity index (χ0) is 14.4. The quantitative estimate of drug-likeness (QED) is 0.608. The van der Waals surface area contributed by atoms with Gasteiger partial charge in [-0.1, -0.05) is 0 Å². The van der Waals surface area contributed by atoms with Crippen molar-refractivity contribution < 1.29 is 9.53 Å². The van der Waals surface area contributed by atoms with E-state index in [1.807, 2.05) is 19.9 Å². The number of anilines is 2. The average molecular weight is 265 g/mol. The number of carbonyl (C=O) groups is 1. The van der Waals surface area contributed by atoms with Gasteiger partial charge in [0.15, 0.2) is 0 Å². The minimum atomic E-state index is -0.0543. The number of amides is 1. The summed E-state index contributed by atoms with van der Waals surface area (Å²) in [6, 6.07) is 5.28. The Bertz CT molecular complexity index is 431. The number of hydrogen-bond acceptors (Lipinski definition) is 4. The smallest absolute Gasteiger partial charge is 0.253 e. The number of nitrogen functional groups attached to an aromatic ring is 1. The summed E-state index contributed by atoms with van der Waals surface area (Å²) in [6.07, 6.45) is 0.222. The first kappa shape index (κ1) is 15.3. The molecule has 0 spiro atoms. The molecule has 0 saturated heterocycles. The van der Waals surface area contributed by atoms with Gasteiger partial charge in [-0.05, 0) is 32.0 Å². The van der Waals surface area contributed by atoms with Gasteiger partial charge in [-0.15, -0.1) is 0 Å². The standard InChI is InChI=1S/C14H23N3O2/c1-10(2)19-8-7-16-13-6-5-11(9-12(13)15)14(18)17(3)4/h5-6,9-10,16H,7-8,15H2,1-4H3. The molecule has 1 rings (SSSR count). The molecule has 5 heteroatoms. The minimum absolute atomic E-state index is 0.0543. The largest absolute Gasteiger partial charge is 0.397 e. The summed E-state index contributed by atoms with van der Waals surface area (Å²) in [7, 11) is 3.43. The molecular weight excluding hydrogens is 242 g/mol. The highest BCUT2D eigenvalue weighted by Crippen LogP contribution is 2.20. The van der Waals surface area contributed by atoms with Crippen molar-refractivity contribution in [2.75, 3.05) is 38.3 Å². The van der Waals surface area contributed by atoms with Crippen molar-refractivity contribution >= 4 is 17.3 Å². The monoisotopic (exact) mass is 265 g/mol. The van der Waals surface area contributed by atoms with Crippen LogP contribution < -0.4 is 11.1 Å². The fourth-order valence-corrected chi connectivity index (χ4v) is 1.60. The molecular formula is C14H23N3O2. The summed E-state index contributed by atoms with van der Waals surface area (Å²) < 4.78 is 5.43. The SMILES string of the molecule is CC(C)OCCNc1ccc(C(=O)N(C)C)cc1N. The van der Waals surface area contributed by atoms with E-state index in [1.54, 1.807) is 26.2 Å². The van der Waals surface area contributed by atoms with Crippen LogP contribution in [-0.2, 0) is 4.74 Å². The van der Waals surface area contributed by atoms with E-state index in [2.05, 4.69) is 5.32 Å². The maximum Gasteiger partial charge on any atom is 0.253 e. The molecule has 0 atom stereocenters. The molecule has 0 saturated carbocycles. The van der Waals surface area contributed by atoms with E-state index in [4.69, 9.17) is 10.5 Å².